The average Bonchev–Trinajstić information content (AvgIpc) is 2.95. The van der Waals surface area contributed by atoms with Crippen LogP contribution in [0.5, 0.6) is 0 Å². The van der Waals surface area contributed by atoms with Gasteiger partial charge in [0.15, 0.2) is 6.10 Å². The second kappa shape index (κ2) is 21.3. The maximum Gasteiger partial charge on any atom is 0.472 e. The molecule has 6 unspecified atom stereocenters. The standard InChI is InChI=1S/C28H51O13P/c1-3-5-7-8-9-10-11-12-13-15-17-22(30)40-20(18-38-21(29)16-14-6-4-2)19-39-42(36,37)41-28-26(34)24(32)23(31)25(33)27(28)35/h7-8,20,23-28,31-35H,3-6,9-19H2,1-2H3,(H,36,37)/b8-7-. The van der Waals surface area contributed by atoms with E-state index in [1.807, 2.05) is 6.92 Å². The highest BCUT2D eigenvalue weighted by Gasteiger charge is 2.51. The number of rotatable bonds is 22. The number of aliphatic hydroxyl groups excluding tert-OH is 5. The number of carbonyl (C=O) groups is 2. The largest absolute Gasteiger partial charge is 0.472 e. The zero-order valence-electron chi connectivity index (χ0n) is 24.8. The molecule has 6 atom stereocenters. The lowest BCUT2D eigenvalue weighted by Crippen LogP contribution is -2.64. The Morgan fingerprint density at radius 2 is 1.26 bits per heavy atom. The second-order valence-electron chi connectivity index (χ2n) is 10.6. The molecule has 0 aliphatic heterocycles. The third kappa shape index (κ3) is 15.4. The van der Waals surface area contributed by atoms with Crippen molar-refractivity contribution in [1.82, 2.24) is 0 Å². The van der Waals surface area contributed by atoms with E-state index in [0.29, 0.717) is 12.8 Å². The van der Waals surface area contributed by atoms with Crippen molar-refractivity contribution in [3.63, 3.8) is 0 Å². The molecule has 13 nitrogen and oxygen atoms in total. The van der Waals surface area contributed by atoms with Crippen LogP contribution in [0.1, 0.15) is 97.3 Å². The Bertz CT molecular complexity index is 823. The van der Waals surface area contributed by atoms with Gasteiger partial charge in [-0.3, -0.25) is 18.6 Å². The lowest BCUT2D eigenvalue weighted by atomic mass is 9.85. The van der Waals surface area contributed by atoms with Gasteiger partial charge in [-0.1, -0.05) is 64.5 Å². The fraction of sp³-hybridized carbons (Fsp3) is 0.857. The van der Waals surface area contributed by atoms with E-state index in [2.05, 4.69) is 19.1 Å². The molecule has 0 spiro atoms. The highest BCUT2D eigenvalue weighted by atomic mass is 31.2. The minimum absolute atomic E-state index is 0.0865. The van der Waals surface area contributed by atoms with Crippen LogP contribution in [0.15, 0.2) is 12.2 Å². The van der Waals surface area contributed by atoms with Crippen molar-refractivity contribution < 1.29 is 63.1 Å². The molecule has 1 aliphatic carbocycles. The highest BCUT2D eigenvalue weighted by Crippen LogP contribution is 2.47. The first-order valence-electron chi connectivity index (χ1n) is 15.0. The monoisotopic (exact) mass is 626 g/mol. The molecule has 1 rings (SSSR count). The van der Waals surface area contributed by atoms with Gasteiger partial charge in [0.05, 0.1) is 6.61 Å². The predicted octanol–water partition coefficient (Wildman–Crippen LogP) is 2.43. The SMILES string of the molecule is CCC/C=C\CCCCCCCC(=O)OC(COC(=O)CCCCC)COP(=O)(O)OC1C(O)C(O)C(O)C(O)C1O. The first kappa shape index (κ1) is 38.6. The van der Waals surface area contributed by atoms with Gasteiger partial charge in [0.2, 0.25) is 0 Å². The zero-order chi connectivity index (χ0) is 31.5. The van der Waals surface area contributed by atoms with Crippen molar-refractivity contribution in [3.8, 4) is 0 Å². The number of esters is 2. The smallest absolute Gasteiger partial charge is 0.462 e. The molecule has 0 amide bonds. The molecule has 6 N–H and O–H groups in total. The van der Waals surface area contributed by atoms with Gasteiger partial charge >= 0.3 is 19.8 Å². The van der Waals surface area contributed by atoms with Crippen LogP contribution in [0.4, 0.5) is 0 Å². The van der Waals surface area contributed by atoms with Crippen LogP contribution in [0.25, 0.3) is 0 Å². The summed E-state index contributed by atoms with van der Waals surface area (Å²) < 4.78 is 32.7. The molecule has 0 bridgehead atoms. The predicted molar refractivity (Wildman–Crippen MR) is 152 cm³/mol. The number of phosphoric ester groups is 1. The molecule has 1 saturated carbocycles. The molecule has 1 fully saturated rings. The van der Waals surface area contributed by atoms with Crippen molar-refractivity contribution >= 4 is 19.8 Å². The van der Waals surface area contributed by atoms with Gasteiger partial charge in [0.1, 0.15) is 43.2 Å². The van der Waals surface area contributed by atoms with Gasteiger partial charge in [-0.05, 0) is 32.1 Å². The van der Waals surface area contributed by atoms with E-state index in [4.69, 9.17) is 18.5 Å². The van der Waals surface area contributed by atoms with Crippen LogP contribution >= 0.6 is 7.82 Å². The molecule has 0 aromatic carbocycles. The second-order valence-corrected chi connectivity index (χ2v) is 12.0. The van der Waals surface area contributed by atoms with Crippen LogP contribution in [0.2, 0.25) is 0 Å². The van der Waals surface area contributed by atoms with Crippen LogP contribution in [0.3, 0.4) is 0 Å². The molecular formula is C28H51O13P. The lowest BCUT2D eigenvalue weighted by molar-refractivity contribution is -0.220. The summed E-state index contributed by atoms with van der Waals surface area (Å²) in [5, 5.41) is 49.4. The topological polar surface area (TPSA) is 210 Å². The summed E-state index contributed by atoms with van der Waals surface area (Å²) in [6.07, 6.45) is 1.49. The number of aliphatic hydroxyl groups is 5. The molecule has 1 aliphatic rings. The van der Waals surface area contributed by atoms with Gasteiger partial charge in [-0.25, -0.2) is 4.57 Å². The first-order chi connectivity index (χ1) is 19.9. The third-order valence-electron chi connectivity index (χ3n) is 6.84. The van der Waals surface area contributed by atoms with E-state index in [1.54, 1.807) is 0 Å². The van der Waals surface area contributed by atoms with Crippen LogP contribution in [-0.4, -0.2) is 98.3 Å². The minimum atomic E-state index is -5.08. The minimum Gasteiger partial charge on any atom is -0.462 e. The van der Waals surface area contributed by atoms with Gasteiger partial charge in [0.25, 0.3) is 0 Å². The molecule has 42 heavy (non-hydrogen) atoms. The van der Waals surface area contributed by atoms with Crippen molar-refractivity contribution in [3.05, 3.63) is 12.2 Å². The molecular weight excluding hydrogens is 575 g/mol. The van der Waals surface area contributed by atoms with Crippen molar-refractivity contribution in [2.24, 2.45) is 0 Å². The zero-order valence-corrected chi connectivity index (χ0v) is 25.7. The molecule has 246 valence electrons. The summed E-state index contributed by atoms with van der Waals surface area (Å²) in [7, 11) is -5.08. The molecule has 0 saturated heterocycles. The number of phosphoric acid groups is 1. The molecule has 14 heteroatoms. The fourth-order valence-electron chi connectivity index (χ4n) is 4.29. The Balaban J connectivity index is 2.62. The summed E-state index contributed by atoms with van der Waals surface area (Å²) in [4.78, 5) is 34.6. The summed E-state index contributed by atoms with van der Waals surface area (Å²) in [6.45, 7) is 2.93. The summed E-state index contributed by atoms with van der Waals surface area (Å²) in [5.74, 6) is -1.15. The number of ether oxygens (including phenoxy) is 2. The molecule has 0 heterocycles. The van der Waals surface area contributed by atoms with Gasteiger partial charge in [0, 0.05) is 12.8 Å². The highest BCUT2D eigenvalue weighted by molar-refractivity contribution is 7.47. The maximum absolute atomic E-state index is 12.6. The average molecular weight is 627 g/mol. The number of hydrogen-bond acceptors (Lipinski definition) is 12. The van der Waals surface area contributed by atoms with Crippen LogP contribution in [-0.2, 0) is 32.7 Å². The Morgan fingerprint density at radius 1 is 0.714 bits per heavy atom. The maximum atomic E-state index is 12.6. The van der Waals surface area contributed by atoms with E-state index in [0.717, 1.165) is 57.8 Å². The van der Waals surface area contributed by atoms with Crippen molar-refractivity contribution in [1.29, 1.82) is 0 Å². The lowest BCUT2D eigenvalue weighted by Gasteiger charge is -2.41. The number of allylic oxidation sites excluding steroid dienone is 2. The fourth-order valence-corrected chi connectivity index (χ4v) is 5.26. The number of carbonyl (C=O) groups excluding carboxylic acids is 2. The van der Waals surface area contributed by atoms with Crippen molar-refractivity contribution in [2.45, 2.75) is 140 Å². The van der Waals surface area contributed by atoms with E-state index in [9.17, 15) is 44.6 Å². The first-order valence-corrected chi connectivity index (χ1v) is 16.5. The van der Waals surface area contributed by atoms with Gasteiger partial charge in [-0.2, -0.15) is 0 Å². The normalized spacial score (nSPS) is 26.6. The van der Waals surface area contributed by atoms with E-state index in [1.165, 1.54) is 0 Å². The van der Waals surface area contributed by atoms with E-state index >= 15 is 0 Å². The Morgan fingerprint density at radius 3 is 1.90 bits per heavy atom. The number of hydrogen-bond donors (Lipinski definition) is 6. The summed E-state index contributed by atoms with van der Waals surface area (Å²) in [6, 6.07) is 0. The third-order valence-corrected chi connectivity index (χ3v) is 7.82. The Kier molecular flexibility index (Phi) is 19.6. The summed E-state index contributed by atoms with van der Waals surface area (Å²) >= 11 is 0. The van der Waals surface area contributed by atoms with Crippen LogP contribution < -0.4 is 0 Å². The quantitative estimate of drug-likeness (QED) is 0.0442. The van der Waals surface area contributed by atoms with Crippen molar-refractivity contribution in [2.75, 3.05) is 13.2 Å². The van der Waals surface area contributed by atoms with Gasteiger partial charge in [-0.15, -0.1) is 0 Å². The van der Waals surface area contributed by atoms with E-state index in [-0.39, 0.29) is 12.8 Å². The van der Waals surface area contributed by atoms with E-state index < -0.39 is 75.7 Å². The Labute approximate surface area is 248 Å². The molecule has 0 radical (unpaired) electrons. The number of unbranched alkanes of at least 4 members (excludes halogenated alkanes) is 8. The summed E-state index contributed by atoms with van der Waals surface area (Å²) in [5.41, 5.74) is 0. The van der Waals surface area contributed by atoms with Gasteiger partial charge < -0.3 is 39.9 Å². The molecule has 0 aromatic heterocycles. The Hall–Kier alpha value is -1.41. The van der Waals surface area contributed by atoms with Crippen LogP contribution in [0, 0.1) is 0 Å². The molecule has 0 aromatic rings.